The van der Waals surface area contributed by atoms with E-state index >= 15 is 0 Å². The zero-order valence-corrected chi connectivity index (χ0v) is 17.1. The number of benzene rings is 2. The van der Waals surface area contributed by atoms with Gasteiger partial charge in [-0.25, -0.2) is 8.78 Å². The normalized spacial score (nSPS) is 17.5. The van der Waals surface area contributed by atoms with E-state index < -0.39 is 23.4 Å². The highest BCUT2D eigenvalue weighted by atomic mass is 19.1. The van der Waals surface area contributed by atoms with Crippen molar-refractivity contribution >= 4 is 17.9 Å². The molecule has 1 amide bonds. The van der Waals surface area contributed by atoms with Crippen LogP contribution in [0.25, 0.3) is 0 Å². The quantitative estimate of drug-likeness (QED) is 0.390. The highest BCUT2D eigenvalue weighted by Crippen LogP contribution is 2.36. The van der Waals surface area contributed by atoms with Crippen LogP contribution in [0, 0.1) is 24.0 Å². The number of allylic oxidation sites excluding steroid dienone is 1. The van der Waals surface area contributed by atoms with Crippen molar-refractivity contribution in [1.29, 1.82) is 5.41 Å². The van der Waals surface area contributed by atoms with E-state index in [4.69, 9.17) is 5.41 Å². The first kappa shape index (κ1) is 22.3. The smallest absolute Gasteiger partial charge is 0.250 e. The number of amides is 1. The van der Waals surface area contributed by atoms with E-state index in [1.807, 2.05) is 0 Å². The summed E-state index contributed by atoms with van der Waals surface area (Å²) < 4.78 is 28.5. The first-order chi connectivity index (χ1) is 14.8. The Hall–Kier alpha value is -3.35. The van der Waals surface area contributed by atoms with Gasteiger partial charge in [-0.2, -0.15) is 0 Å². The van der Waals surface area contributed by atoms with Gasteiger partial charge < -0.3 is 15.4 Å². The number of aryl methyl sites for hydroxylation is 1. The summed E-state index contributed by atoms with van der Waals surface area (Å²) in [6.07, 6.45) is 3.09. The Morgan fingerprint density at radius 1 is 1.23 bits per heavy atom. The molecule has 0 radical (unpaired) electrons. The zero-order valence-electron chi connectivity index (χ0n) is 17.1. The molecule has 0 saturated carbocycles. The number of carbonyl (C=O) groups is 2. The van der Waals surface area contributed by atoms with Gasteiger partial charge in [0.2, 0.25) is 5.78 Å². The third kappa shape index (κ3) is 5.05. The molecule has 7 heteroatoms. The van der Waals surface area contributed by atoms with Crippen molar-refractivity contribution in [2.75, 3.05) is 6.54 Å². The van der Waals surface area contributed by atoms with Gasteiger partial charge in [0.05, 0.1) is 6.21 Å². The lowest BCUT2D eigenvalue weighted by Crippen LogP contribution is -2.36. The molecule has 1 heterocycles. The van der Waals surface area contributed by atoms with Gasteiger partial charge in [-0.1, -0.05) is 30.3 Å². The Labute approximate surface area is 179 Å². The Bertz CT molecular complexity index is 1020. The van der Waals surface area contributed by atoms with Gasteiger partial charge in [-0.05, 0) is 55.0 Å². The molecule has 1 fully saturated rings. The predicted molar refractivity (Wildman–Crippen MR) is 113 cm³/mol. The molecule has 1 aliphatic heterocycles. The lowest BCUT2D eigenvalue weighted by molar-refractivity contribution is -0.127. The van der Waals surface area contributed by atoms with E-state index in [0.717, 1.165) is 18.1 Å². The average Bonchev–Trinajstić information content (AvgIpc) is 3.22. The van der Waals surface area contributed by atoms with Gasteiger partial charge in [-0.3, -0.25) is 9.59 Å². The van der Waals surface area contributed by atoms with Crippen LogP contribution in [0.1, 0.15) is 41.9 Å². The first-order valence-electron chi connectivity index (χ1n) is 10.1. The van der Waals surface area contributed by atoms with Crippen molar-refractivity contribution in [3.8, 4) is 0 Å². The first-order valence-corrected chi connectivity index (χ1v) is 10.1. The van der Waals surface area contributed by atoms with Crippen molar-refractivity contribution in [3.05, 3.63) is 82.6 Å². The summed E-state index contributed by atoms with van der Waals surface area (Å²) in [7, 11) is 0. The predicted octanol–water partition coefficient (Wildman–Crippen LogP) is 4.45. The number of ketones is 1. The van der Waals surface area contributed by atoms with E-state index in [0.29, 0.717) is 36.7 Å². The molecule has 0 aliphatic carbocycles. The largest absolute Gasteiger partial charge is 0.504 e. The molecule has 2 atom stereocenters. The van der Waals surface area contributed by atoms with Gasteiger partial charge in [0.1, 0.15) is 11.6 Å². The molecule has 3 rings (SSSR count). The molecular weight excluding hydrogens is 402 g/mol. The van der Waals surface area contributed by atoms with Gasteiger partial charge in [-0.15, -0.1) is 0 Å². The molecule has 1 saturated heterocycles. The Kier molecular flexibility index (Phi) is 6.95. The molecule has 2 N–H and O–H groups in total. The number of Topliss-reactive ketones (excluding diaryl/α,β-unsaturated/α-hetero) is 1. The number of aliphatic hydroxyl groups excluding tert-OH is 1. The van der Waals surface area contributed by atoms with Crippen LogP contribution in [-0.2, 0) is 9.59 Å². The maximum Gasteiger partial charge on any atom is 0.250 e. The molecule has 1 aliphatic rings. The van der Waals surface area contributed by atoms with Crippen molar-refractivity contribution < 1.29 is 23.5 Å². The summed E-state index contributed by atoms with van der Waals surface area (Å²) in [5.74, 6) is -3.39. The summed E-state index contributed by atoms with van der Waals surface area (Å²) >= 11 is 0. The van der Waals surface area contributed by atoms with E-state index in [-0.39, 0.29) is 17.7 Å². The number of hydrogen-bond donors (Lipinski definition) is 2. The SMILES string of the molecule is Cc1cccc([C@@H](C[C@H]2CCCN2C(=O)/C=C(\O)C(=O)C=N)c2ccc(F)cc2)c1F. The minimum atomic E-state index is -0.949. The van der Waals surface area contributed by atoms with Crippen LogP contribution in [-0.4, -0.2) is 40.5 Å². The number of carbonyl (C=O) groups excluding carboxylic acids is 2. The number of nitrogens with one attached hydrogen (secondary N) is 1. The molecule has 31 heavy (non-hydrogen) atoms. The Balaban J connectivity index is 1.92. The van der Waals surface area contributed by atoms with Crippen LogP contribution < -0.4 is 0 Å². The van der Waals surface area contributed by atoms with E-state index in [2.05, 4.69) is 0 Å². The summed E-state index contributed by atoms with van der Waals surface area (Å²) in [5, 5.41) is 16.6. The van der Waals surface area contributed by atoms with Crippen LogP contribution in [0.3, 0.4) is 0 Å². The van der Waals surface area contributed by atoms with Gasteiger partial charge in [0.15, 0.2) is 5.76 Å². The number of aliphatic hydroxyl groups is 1. The average molecular weight is 426 g/mol. The van der Waals surface area contributed by atoms with Crippen LogP contribution in [0.4, 0.5) is 8.78 Å². The van der Waals surface area contributed by atoms with Crippen molar-refractivity contribution in [2.45, 2.75) is 38.1 Å². The molecule has 0 unspecified atom stereocenters. The summed E-state index contributed by atoms with van der Waals surface area (Å²) in [5.41, 5.74) is 1.72. The zero-order chi connectivity index (χ0) is 22.5. The summed E-state index contributed by atoms with van der Waals surface area (Å²) in [6, 6.07) is 10.8. The molecule has 0 bridgehead atoms. The van der Waals surface area contributed by atoms with E-state index in [1.165, 1.54) is 12.1 Å². The number of halogens is 2. The molecule has 2 aromatic rings. The second-order valence-electron chi connectivity index (χ2n) is 7.68. The second kappa shape index (κ2) is 9.64. The minimum Gasteiger partial charge on any atom is -0.504 e. The van der Waals surface area contributed by atoms with E-state index in [9.17, 15) is 23.5 Å². The summed E-state index contributed by atoms with van der Waals surface area (Å²) in [6.45, 7) is 2.12. The van der Waals surface area contributed by atoms with Crippen molar-refractivity contribution in [2.24, 2.45) is 0 Å². The maximum atomic E-state index is 15.0. The fourth-order valence-corrected chi connectivity index (χ4v) is 4.06. The Morgan fingerprint density at radius 3 is 2.61 bits per heavy atom. The van der Waals surface area contributed by atoms with Gasteiger partial charge in [0, 0.05) is 24.6 Å². The van der Waals surface area contributed by atoms with Gasteiger partial charge in [0.25, 0.3) is 5.91 Å². The topological polar surface area (TPSA) is 81.5 Å². The second-order valence-corrected chi connectivity index (χ2v) is 7.68. The van der Waals surface area contributed by atoms with E-state index in [1.54, 1.807) is 42.2 Å². The third-order valence-corrected chi connectivity index (χ3v) is 5.68. The fraction of sp³-hybridized carbons (Fsp3) is 0.292. The van der Waals surface area contributed by atoms with Crippen LogP contribution in [0.2, 0.25) is 0 Å². The molecule has 0 aromatic heterocycles. The highest BCUT2D eigenvalue weighted by molar-refractivity contribution is 6.33. The monoisotopic (exact) mass is 426 g/mol. The van der Waals surface area contributed by atoms with Crippen molar-refractivity contribution in [3.63, 3.8) is 0 Å². The number of nitrogens with zero attached hydrogens (tertiary/aromatic N) is 1. The minimum absolute atomic E-state index is 0.249. The lowest BCUT2D eigenvalue weighted by atomic mass is 9.84. The lowest BCUT2D eigenvalue weighted by Gasteiger charge is -2.29. The summed E-state index contributed by atoms with van der Waals surface area (Å²) in [4.78, 5) is 25.6. The standard InChI is InChI=1S/C24H24F2N2O3/c1-15-4-2-6-19(24(15)26)20(16-7-9-17(25)10-8-16)12-18-5-3-11-28(18)23(31)13-21(29)22(30)14-27/h2,4,6-10,13-14,18,20,27,29H,3,5,11-12H2,1H3/b21-13-,27-14?/t18-,20+/m1/s1. The molecular formula is C24H24F2N2O3. The number of rotatable bonds is 7. The maximum absolute atomic E-state index is 15.0. The van der Waals surface area contributed by atoms with Crippen LogP contribution in [0.5, 0.6) is 0 Å². The molecule has 0 spiro atoms. The molecule has 162 valence electrons. The number of likely N-dealkylation sites (tertiary alicyclic amines) is 1. The van der Waals surface area contributed by atoms with Crippen molar-refractivity contribution in [1.82, 2.24) is 4.90 Å². The fourth-order valence-electron chi connectivity index (χ4n) is 4.06. The number of hydrogen-bond acceptors (Lipinski definition) is 4. The van der Waals surface area contributed by atoms with Crippen LogP contribution in [0.15, 0.2) is 54.3 Å². The van der Waals surface area contributed by atoms with Gasteiger partial charge >= 0.3 is 0 Å². The highest BCUT2D eigenvalue weighted by Gasteiger charge is 2.32. The van der Waals surface area contributed by atoms with Crippen LogP contribution >= 0.6 is 0 Å². The third-order valence-electron chi connectivity index (χ3n) is 5.68. The molecule has 5 nitrogen and oxygen atoms in total. The Morgan fingerprint density at radius 2 is 1.94 bits per heavy atom. The molecule has 2 aromatic carbocycles.